The van der Waals surface area contributed by atoms with Crippen molar-refractivity contribution in [2.45, 2.75) is 33.2 Å². The van der Waals surface area contributed by atoms with E-state index in [-0.39, 0.29) is 5.91 Å². The van der Waals surface area contributed by atoms with Crippen LogP contribution in [0, 0.1) is 5.92 Å². The Kier molecular flexibility index (Phi) is 6.62. The van der Waals surface area contributed by atoms with Gasteiger partial charge in [-0.2, -0.15) is 0 Å². The van der Waals surface area contributed by atoms with Crippen LogP contribution in [0.15, 0.2) is 42.5 Å². The molecule has 1 aliphatic heterocycles. The average Bonchev–Trinajstić information content (AvgIpc) is 2.68. The van der Waals surface area contributed by atoms with Crippen molar-refractivity contribution in [1.82, 2.24) is 5.32 Å². The molecule has 0 bridgehead atoms. The molecule has 0 aliphatic carbocycles. The molecule has 1 heterocycles. The Bertz CT molecular complexity index is 776. The lowest BCUT2D eigenvalue weighted by molar-refractivity contribution is 0.0951. The van der Waals surface area contributed by atoms with E-state index in [1.54, 1.807) is 18.2 Å². The van der Waals surface area contributed by atoms with Gasteiger partial charge in [-0.3, -0.25) is 4.79 Å². The number of rotatable bonds is 6. The van der Waals surface area contributed by atoms with Crippen LogP contribution in [0.1, 0.15) is 42.6 Å². The Balaban J connectivity index is 1.56. The minimum atomic E-state index is -0.145. The highest BCUT2D eigenvalue weighted by atomic mass is 35.5. The van der Waals surface area contributed by atoms with E-state index < -0.39 is 0 Å². The van der Waals surface area contributed by atoms with Crippen molar-refractivity contribution in [3.63, 3.8) is 0 Å². The third kappa shape index (κ3) is 5.16. The van der Waals surface area contributed by atoms with Crippen molar-refractivity contribution in [1.29, 1.82) is 0 Å². The molecule has 144 valence electrons. The molecule has 2 aromatic carbocycles. The summed E-state index contributed by atoms with van der Waals surface area (Å²) in [6, 6.07) is 13.6. The van der Waals surface area contributed by atoms with E-state index in [0.29, 0.717) is 29.5 Å². The van der Waals surface area contributed by atoms with Gasteiger partial charge in [0.15, 0.2) is 0 Å². The first kappa shape index (κ1) is 19.6. The van der Waals surface area contributed by atoms with E-state index in [9.17, 15) is 4.79 Å². The minimum Gasteiger partial charge on any atom is -0.492 e. The Morgan fingerprint density at radius 2 is 2.04 bits per heavy atom. The Labute approximate surface area is 166 Å². The van der Waals surface area contributed by atoms with Crippen LogP contribution in [0.25, 0.3) is 0 Å². The van der Waals surface area contributed by atoms with Crippen molar-refractivity contribution >= 4 is 23.2 Å². The normalized spacial score (nSPS) is 16.9. The van der Waals surface area contributed by atoms with Gasteiger partial charge in [0.1, 0.15) is 5.75 Å². The molecule has 27 heavy (non-hydrogen) atoms. The summed E-state index contributed by atoms with van der Waals surface area (Å²) in [4.78, 5) is 14.8. The van der Waals surface area contributed by atoms with E-state index in [2.05, 4.69) is 41.4 Å². The maximum absolute atomic E-state index is 12.4. The first-order valence-corrected chi connectivity index (χ1v) is 9.99. The standard InChI is InChI=1S/C22H27ClN2O2/c1-3-27-21-11-8-18(13-20(21)23)22(26)24-14-17-6-9-19(10-7-17)25-12-4-5-16(2)15-25/h6-11,13,16H,3-5,12,14-15H2,1-2H3,(H,24,26). The number of halogens is 1. The Morgan fingerprint density at radius 1 is 1.26 bits per heavy atom. The van der Waals surface area contributed by atoms with E-state index >= 15 is 0 Å². The van der Waals surface area contributed by atoms with Crippen LogP contribution in [0.5, 0.6) is 5.75 Å². The third-order valence-corrected chi connectivity index (χ3v) is 5.20. The van der Waals surface area contributed by atoms with E-state index in [1.807, 2.05) is 6.92 Å². The fourth-order valence-corrected chi connectivity index (χ4v) is 3.68. The number of hydrogen-bond acceptors (Lipinski definition) is 3. The van der Waals surface area contributed by atoms with Gasteiger partial charge < -0.3 is 15.0 Å². The van der Waals surface area contributed by atoms with Crippen molar-refractivity contribution in [3.05, 3.63) is 58.6 Å². The average molecular weight is 387 g/mol. The zero-order chi connectivity index (χ0) is 19.2. The lowest BCUT2D eigenvalue weighted by Gasteiger charge is -2.32. The molecule has 4 nitrogen and oxygen atoms in total. The molecule has 0 saturated carbocycles. The van der Waals surface area contributed by atoms with Crippen LogP contribution in [0.3, 0.4) is 0 Å². The van der Waals surface area contributed by atoms with Crippen molar-refractivity contribution < 1.29 is 9.53 Å². The molecule has 0 aromatic heterocycles. The second-order valence-electron chi connectivity index (χ2n) is 7.12. The monoisotopic (exact) mass is 386 g/mol. The molecule has 5 heteroatoms. The van der Waals surface area contributed by atoms with E-state index in [0.717, 1.165) is 24.6 Å². The van der Waals surface area contributed by atoms with Gasteiger partial charge in [0.25, 0.3) is 5.91 Å². The van der Waals surface area contributed by atoms with Crippen LogP contribution in [0.2, 0.25) is 5.02 Å². The zero-order valence-electron chi connectivity index (χ0n) is 16.0. The molecule has 0 radical (unpaired) electrons. The molecule has 1 atom stereocenters. The highest BCUT2D eigenvalue weighted by Crippen LogP contribution is 2.26. The number of ether oxygens (including phenoxy) is 1. The van der Waals surface area contributed by atoms with Crippen LogP contribution >= 0.6 is 11.6 Å². The van der Waals surface area contributed by atoms with Gasteiger partial charge >= 0.3 is 0 Å². The van der Waals surface area contributed by atoms with Crippen LogP contribution in [-0.2, 0) is 6.54 Å². The number of carbonyl (C=O) groups excluding carboxylic acids is 1. The van der Waals surface area contributed by atoms with Gasteiger partial charge in [-0.15, -0.1) is 0 Å². The molecule has 1 N–H and O–H groups in total. The summed E-state index contributed by atoms with van der Waals surface area (Å²) in [5.74, 6) is 1.20. The van der Waals surface area contributed by atoms with Crippen molar-refractivity contribution in [2.24, 2.45) is 5.92 Å². The number of carbonyl (C=O) groups is 1. The molecule has 2 aromatic rings. The fourth-order valence-electron chi connectivity index (χ4n) is 3.45. The molecule has 1 aliphatic rings. The predicted molar refractivity (Wildman–Crippen MR) is 111 cm³/mol. The van der Waals surface area contributed by atoms with Gasteiger partial charge in [0, 0.05) is 30.9 Å². The maximum Gasteiger partial charge on any atom is 0.251 e. The highest BCUT2D eigenvalue weighted by Gasteiger charge is 2.16. The quantitative estimate of drug-likeness (QED) is 0.767. The van der Waals surface area contributed by atoms with Crippen LogP contribution < -0.4 is 15.0 Å². The predicted octanol–water partition coefficient (Wildman–Crippen LogP) is 4.91. The third-order valence-electron chi connectivity index (χ3n) is 4.91. The minimum absolute atomic E-state index is 0.145. The summed E-state index contributed by atoms with van der Waals surface area (Å²) in [6.45, 7) is 7.47. The molecule has 3 rings (SSSR count). The number of benzene rings is 2. The summed E-state index contributed by atoms with van der Waals surface area (Å²) in [5.41, 5.74) is 2.87. The first-order chi connectivity index (χ1) is 13.1. The molecular formula is C22H27ClN2O2. The van der Waals surface area contributed by atoms with Crippen molar-refractivity contribution in [2.75, 3.05) is 24.6 Å². The molecular weight excluding hydrogens is 360 g/mol. The van der Waals surface area contributed by atoms with Gasteiger partial charge in [-0.05, 0) is 61.6 Å². The lowest BCUT2D eigenvalue weighted by atomic mass is 9.99. The maximum atomic E-state index is 12.4. The summed E-state index contributed by atoms with van der Waals surface area (Å²) < 4.78 is 5.40. The summed E-state index contributed by atoms with van der Waals surface area (Å²) in [7, 11) is 0. The summed E-state index contributed by atoms with van der Waals surface area (Å²) in [6.07, 6.45) is 2.57. The van der Waals surface area contributed by atoms with E-state index in [1.165, 1.54) is 18.5 Å². The zero-order valence-corrected chi connectivity index (χ0v) is 16.8. The van der Waals surface area contributed by atoms with Crippen LogP contribution in [-0.4, -0.2) is 25.6 Å². The fraction of sp³-hybridized carbons (Fsp3) is 0.409. The van der Waals surface area contributed by atoms with Gasteiger partial charge in [-0.25, -0.2) is 0 Å². The summed E-state index contributed by atoms with van der Waals surface area (Å²) >= 11 is 6.16. The molecule has 1 saturated heterocycles. The summed E-state index contributed by atoms with van der Waals surface area (Å²) in [5, 5.41) is 3.40. The van der Waals surface area contributed by atoms with E-state index in [4.69, 9.17) is 16.3 Å². The molecule has 1 amide bonds. The number of amides is 1. The Morgan fingerprint density at radius 3 is 2.70 bits per heavy atom. The van der Waals surface area contributed by atoms with Gasteiger partial charge in [-0.1, -0.05) is 30.7 Å². The van der Waals surface area contributed by atoms with Crippen molar-refractivity contribution in [3.8, 4) is 5.75 Å². The molecule has 1 fully saturated rings. The highest BCUT2D eigenvalue weighted by molar-refractivity contribution is 6.32. The topological polar surface area (TPSA) is 41.6 Å². The number of piperidine rings is 1. The second-order valence-corrected chi connectivity index (χ2v) is 7.53. The molecule has 0 spiro atoms. The number of hydrogen-bond donors (Lipinski definition) is 1. The number of nitrogens with one attached hydrogen (secondary N) is 1. The van der Waals surface area contributed by atoms with Gasteiger partial charge in [0.05, 0.1) is 11.6 Å². The largest absolute Gasteiger partial charge is 0.492 e. The Hall–Kier alpha value is -2.20. The molecule has 1 unspecified atom stereocenters. The number of nitrogens with zero attached hydrogens (tertiary/aromatic N) is 1. The number of anilines is 1. The van der Waals surface area contributed by atoms with Crippen LogP contribution in [0.4, 0.5) is 5.69 Å². The lowest BCUT2D eigenvalue weighted by Crippen LogP contribution is -2.34. The van der Waals surface area contributed by atoms with Gasteiger partial charge in [0.2, 0.25) is 0 Å². The second kappa shape index (κ2) is 9.14. The first-order valence-electron chi connectivity index (χ1n) is 9.61. The SMILES string of the molecule is CCOc1ccc(C(=O)NCc2ccc(N3CCCC(C)C3)cc2)cc1Cl. The smallest absolute Gasteiger partial charge is 0.251 e.